The molecule has 0 spiro atoms. The minimum Gasteiger partial charge on any atom is -0.469 e. The van der Waals surface area contributed by atoms with Crippen LogP contribution in [0.5, 0.6) is 0 Å². The summed E-state index contributed by atoms with van der Waals surface area (Å²) >= 11 is 5.73. The van der Waals surface area contributed by atoms with Crippen molar-refractivity contribution in [3.05, 3.63) is 28.8 Å². The molecule has 0 unspecified atom stereocenters. The lowest BCUT2D eigenvalue weighted by atomic mass is 10.2. The molecule has 6 nitrogen and oxygen atoms in total. The molecule has 1 N–H and O–H groups in total. The molecule has 0 saturated carbocycles. The van der Waals surface area contributed by atoms with Crippen LogP contribution in [0.25, 0.3) is 0 Å². The highest BCUT2D eigenvalue weighted by molar-refractivity contribution is 7.92. The van der Waals surface area contributed by atoms with Gasteiger partial charge in [0, 0.05) is 5.02 Å². The Morgan fingerprint density at radius 2 is 2.21 bits per heavy atom. The molecule has 0 aliphatic rings. The van der Waals surface area contributed by atoms with Gasteiger partial charge in [-0.2, -0.15) is 5.26 Å². The number of benzene rings is 1. The lowest BCUT2D eigenvalue weighted by molar-refractivity contribution is -0.140. The minimum absolute atomic E-state index is 0.0832. The van der Waals surface area contributed by atoms with Crippen LogP contribution in [0.2, 0.25) is 5.02 Å². The Bertz CT molecular complexity index is 622. The Morgan fingerprint density at radius 1 is 1.53 bits per heavy atom. The first-order chi connectivity index (χ1) is 8.88. The van der Waals surface area contributed by atoms with Gasteiger partial charge in [0.2, 0.25) is 10.0 Å². The molecule has 19 heavy (non-hydrogen) atoms. The first-order valence-electron chi connectivity index (χ1n) is 5.15. The van der Waals surface area contributed by atoms with Crippen molar-refractivity contribution in [2.45, 2.75) is 6.42 Å². The maximum Gasteiger partial charge on any atom is 0.306 e. The van der Waals surface area contributed by atoms with E-state index in [4.69, 9.17) is 16.9 Å². The summed E-state index contributed by atoms with van der Waals surface area (Å²) in [6.45, 7) is 0. The monoisotopic (exact) mass is 302 g/mol. The molecule has 0 aromatic heterocycles. The van der Waals surface area contributed by atoms with Gasteiger partial charge in [0.1, 0.15) is 6.07 Å². The van der Waals surface area contributed by atoms with Gasteiger partial charge in [-0.3, -0.25) is 9.52 Å². The number of hydrogen-bond donors (Lipinski definition) is 1. The minimum atomic E-state index is -3.75. The quantitative estimate of drug-likeness (QED) is 0.832. The predicted octanol–water partition coefficient (Wildman–Crippen LogP) is 1.52. The number of methoxy groups -OCH3 is 1. The highest BCUT2D eigenvalue weighted by atomic mass is 35.5. The van der Waals surface area contributed by atoms with Crippen LogP contribution in [0.15, 0.2) is 18.2 Å². The molecular weight excluding hydrogens is 292 g/mol. The van der Waals surface area contributed by atoms with E-state index in [0.717, 1.165) is 0 Å². The number of carbonyl (C=O) groups is 1. The number of hydrogen-bond acceptors (Lipinski definition) is 5. The van der Waals surface area contributed by atoms with Crippen molar-refractivity contribution in [1.82, 2.24) is 0 Å². The van der Waals surface area contributed by atoms with Gasteiger partial charge in [0.15, 0.2) is 0 Å². The molecular formula is C11H11ClN2O4S. The van der Waals surface area contributed by atoms with Crippen molar-refractivity contribution in [1.29, 1.82) is 5.26 Å². The second-order valence-electron chi connectivity index (χ2n) is 3.55. The summed E-state index contributed by atoms with van der Waals surface area (Å²) in [5.74, 6) is -1.06. The molecule has 0 saturated heterocycles. The summed E-state index contributed by atoms with van der Waals surface area (Å²) in [6.07, 6.45) is -0.270. The normalized spacial score (nSPS) is 10.6. The van der Waals surface area contributed by atoms with Gasteiger partial charge in [0.25, 0.3) is 0 Å². The zero-order valence-electron chi connectivity index (χ0n) is 10.0. The van der Waals surface area contributed by atoms with Crippen molar-refractivity contribution in [2.75, 3.05) is 17.6 Å². The SMILES string of the molecule is COC(=O)CCS(=O)(=O)Nc1cc(Cl)ccc1C#N. The van der Waals surface area contributed by atoms with Gasteiger partial charge in [-0.15, -0.1) is 0 Å². The van der Waals surface area contributed by atoms with Crippen molar-refractivity contribution >= 4 is 33.3 Å². The zero-order chi connectivity index (χ0) is 14.5. The smallest absolute Gasteiger partial charge is 0.306 e. The third-order valence-corrected chi connectivity index (χ3v) is 3.68. The Morgan fingerprint density at radius 3 is 2.79 bits per heavy atom. The molecule has 0 aliphatic heterocycles. The Kier molecular flexibility index (Phi) is 5.15. The maximum absolute atomic E-state index is 11.7. The van der Waals surface area contributed by atoms with E-state index in [0.29, 0.717) is 5.02 Å². The number of anilines is 1. The topological polar surface area (TPSA) is 96.3 Å². The maximum atomic E-state index is 11.7. The fourth-order valence-electron chi connectivity index (χ4n) is 1.24. The number of nitrogens with zero attached hydrogens (tertiary/aromatic N) is 1. The molecule has 0 aliphatic carbocycles. The second-order valence-corrected chi connectivity index (χ2v) is 5.83. The third-order valence-electron chi connectivity index (χ3n) is 2.17. The average Bonchev–Trinajstić information content (AvgIpc) is 2.36. The van der Waals surface area contributed by atoms with E-state index in [-0.39, 0.29) is 17.7 Å². The van der Waals surface area contributed by atoms with Crippen molar-refractivity contribution in [2.24, 2.45) is 0 Å². The van der Waals surface area contributed by atoms with Gasteiger partial charge in [-0.25, -0.2) is 8.42 Å². The molecule has 0 atom stereocenters. The number of esters is 1. The fraction of sp³-hybridized carbons (Fsp3) is 0.273. The molecule has 0 bridgehead atoms. The van der Waals surface area contributed by atoms with E-state index in [2.05, 4.69) is 9.46 Å². The van der Waals surface area contributed by atoms with Crippen LogP contribution >= 0.6 is 11.6 Å². The number of nitrogens with one attached hydrogen (secondary N) is 1. The summed E-state index contributed by atoms with van der Waals surface area (Å²) in [5.41, 5.74) is 0.228. The zero-order valence-corrected chi connectivity index (χ0v) is 11.6. The van der Waals surface area contributed by atoms with Crippen molar-refractivity contribution in [3.63, 3.8) is 0 Å². The highest BCUT2D eigenvalue weighted by Gasteiger charge is 2.15. The number of carbonyl (C=O) groups excluding carboxylic acids is 1. The van der Waals surface area contributed by atoms with Crippen LogP contribution in [-0.4, -0.2) is 27.2 Å². The van der Waals surface area contributed by atoms with Crippen LogP contribution in [0.4, 0.5) is 5.69 Å². The van der Waals surface area contributed by atoms with Gasteiger partial charge in [0.05, 0.1) is 30.5 Å². The lowest BCUT2D eigenvalue weighted by Gasteiger charge is -2.09. The van der Waals surface area contributed by atoms with E-state index in [9.17, 15) is 13.2 Å². The van der Waals surface area contributed by atoms with E-state index in [1.54, 1.807) is 0 Å². The van der Waals surface area contributed by atoms with Gasteiger partial charge < -0.3 is 4.74 Å². The molecule has 8 heteroatoms. The molecule has 102 valence electrons. The van der Waals surface area contributed by atoms with Crippen LogP contribution in [0.1, 0.15) is 12.0 Å². The molecule has 0 radical (unpaired) electrons. The average molecular weight is 303 g/mol. The first kappa shape index (κ1) is 15.3. The Labute approximate surface area is 116 Å². The Balaban J connectivity index is 2.87. The van der Waals surface area contributed by atoms with E-state index >= 15 is 0 Å². The molecule has 0 fully saturated rings. The molecule has 1 rings (SSSR count). The van der Waals surface area contributed by atoms with Gasteiger partial charge >= 0.3 is 5.97 Å². The van der Waals surface area contributed by atoms with Crippen LogP contribution in [0.3, 0.4) is 0 Å². The standard InChI is InChI=1S/C11H11ClN2O4S/c1-18-11(15)4-5-19(16,17)14-10-6-9(12)3-2-8(10)7-13/h2-3,6,14H,4-5H2,1H3. The van der Waals surface area contributed by atoms with Crippen molar-refractivity contribution in [3.8, 4) is 6.07 Å². The van der Waals surface area contributed by atoms with Crippen LogP contribution in [0, 0.1) is 11.3 Å². The number of nitriles is 1. The number of rotatable bonds is 5. The first-order valence-corrected chi connectivity index (χ1v) is 7.18. The Hall–Kier alpha value is -1.78. The van der Waals surface area contributed by atoms with Gasteiger partial charge in [-0.05, 0) is 18.2 Å². The summed E-state index contributed by atoms with van der Waals surface area (Å²) in [5, 5.41) is 9.16. The molecule has 1 aromatic carbocycles. The summed E-state index contributed by atoms with van der Waals surface area (Å²) in [4.78, 5) is 10.9. The molecule has 0 amide bonds. The van der Waals surface area contributed by atoms with Crippen molar-refractivity contribution < 1.29 is 17.9 Å². The highest BCUT2D eigenvalue weighted by Crippen LogP contribution is 2.21. The van der Waals surface area contributed by atoms with Crippen LogP contribution < -0.4 is 4.72 Å². The lowest BCUT2D eigenvalue weighted by Crippen LogP contribution is -2.20. The predicted molar refractivity (Wildman–Crippen MR) is 70.2 cm³/mol. The third kappa shape index (κ3) is 4.77. The van der Waals surface area contributed by atoms with Gasteiger partial charge in [-0.1, -0.05) is 11.6 Å². The summed E-state index contributed by atoms with van der Waals surface area (Å²) in [7, 11) is -2.58. The number of halogens is 1. The van der Waals surface area contributed by atoms with E-state index in [1.807, 2.05) is 6.07 Å². The second kappa shape index (κ2) is 6.41. The molecule has 1 aromatic rings. The van der Waals surface area contributed by atoms with E-state index < -0.39 is 21.7 Å². The number of sulfonamides is 1. The fourth-order valence-corrected chi connectivity index (χ4v) is 2.45. The summed E-state index contributed by atoms with van der Waals surface area (Å²) in [6, 6.07) is 6.06. The van der Waals surface area contributed by atoms with Crippen LogP contribution in [-0.2, 0) is 19.6 Å². The molecule has 0 heterocycles. The van der Waals surface area contributed by atoms with E-state index in [1.165, 1.54) is 25.3 Å². The number of ether oxygens (including phenoxy) is 1. The summed E-state index contributed by atoms with van der Waals surface area (Å²) < 4.78 is 30.0. The largest absolute Gasteiger partial charge is 0.469 e.